The smallest absolute Gasteiger partial charge is 0.258 e. The molecule has 1 saturated carbocycles. The summed E-state index contributed by atoms with van der Waals surface area (Å²) in [4.78, 5) is 23.5. The van der Waals surface area contributed by atoms with Gasteiger partial charge in [-0.2, -0.15) is 0 Å². The minimum Gasteiger partial charge on any atom is -0.467 e. The van der Waals surface area contributed by atoms with Crippen LogP contribution in [0.4, 0.5) is 0 Å². The number of carbonyl (C=O) groups is 1. The summed E-state index contributed by atoms with van der Waals surface area (Å²) in [7, 11) is 0. The van der Waals surface area contributed by atoms with E-state index in [1.54, 1.807) is 17.7 Å². The average Bonchev–Trinajstić information content (AvgIpc) is 3.00. The third-order valence-corrected chi connectivity index (χ3v) is 7.02. The van der Waals surface area contributed by atoms with Crippen molar-refractivity contribution in [1.29, 1.82) is 0 Å². The molecule has 0 radical (unpaired) electrons. The topological polar surface area (TPSA) is 64.1 Å². The maximum absolute atomic E-state index is 12.4. The Morgan fingerprint density at radius 1 is 1.27 bits per heavy atom. The normalized spacial score (nSPS) is 25.7. The van der Waals surface area contributed by atoms with Gasteiger partial charge >= 0.3 is 0 Å². The van der Waals surface area contributed by atoms with Crippen LogP contribution >= 0.6 is 11.3 Å². The Balaban J connectivity index is 1.46. The number of rotatable bonds is 4. The van der Waals surface area contributed by atoms with Crippen LogP contribution in [0, 0.1) is 11.8 Å². The van der Waals surface area contributed by atoms with Gasteiger partial charge in [-0.25, -0.2) is 9.97 Å². The van der Waals surface area contributed by atoms with Crippen molar-refractivity contribution in [2.75, 3.05) is 6.61 Å². The highest BCUT2D eigenvalue weighted by atomic mass is 32.1. The first kappa shape index (κ1) is 17.7. The molecule has 26 heavy (non-hydrogen) atoms. The first-order valence-electron chi connectivity index (χ1n) is 9.79. The van der Waals surface area contributed by atoms with E-state index >= 15 is 0 Å². The Morgan fingerprint density at radius 2 is 2.12 bits per heavy atom. The molecule has 3 atom stereocenters. The molecule has 6 heteroatoms. The van der Waals surface area contributed by atoms with Gasteiger partial charge in [-0.05, 0) is 49.5 Å². The van der Waals surface area contributed by atoms with Crippen molar-refractivity contribution in [2.24, 2.45) is 11.8 Å². The Morgan fingerprint density at radius 3 is 2.96 bits per heavy atom. The minimum atomic E-state index is -0.0479. The molecular weight excluding hydrogens is 346 g/mol. The van der Waals surface area contributed by atoms with E-state index < -0.39 is 0 Å². The zero-order valence-electron chi connectivity index (χ0n) is 15.6. The third kappa shape index (κ3) is 3.56. The van der Waals surface area contributed by atoms with E-state index in [-0.39, 0.29) is 18.6 Å². The highest BCUT2D eigenvalue weighted by molar-refractivity contribution is 7.18. The molecule has 4 rings (SSSR count). The molecule has 3 unspecified atom stereocenters. The average molecular weight is 374 g/mol. The minimum absolute atomic E-state index is 0.0242. The summed E-state index contributed by atoms with van der Waals surface area (Å²) in [5.74, 6) is 1.78. The summed E-state index contributed by atoms with van der Waals surface area (Å²) >= 11 is 1.75. The number of ether oxygens (including phenoxy) is 1. The fourth-order valence-electron chi connectivity index (χ4n) is 4.27. The molecule has 2 aliphatic rings. The van der Waals surface area contributed by atoms with Crippen LogP contribution in [0.2, 0.25) is 0 Å². The van der Waals surface area contributed by atoms with Crippen molar-refractivity contribution in [3.05, 3.63) is 16.8 Å². The number of amides is 1. The lowest BCUT2D eigenvalue weighted by atomic mass is 9.86. The van der Waals surface area contributed by atoms with Gasteiger partial charge in [0.25, 0.3) is 5.91 Å². The van der Waals surface area contributed by atoms with Crippen LogP contribution in [0.25, 0.3) is 10.2 Å². The lowest BCUT2D eigenvalue weighted by molar-refractivity contribution is -0.124. The van der Waals surface area contributed by atoms with Crippen molar-refractivity contribution in [2.45, 2.75) is 64.8 Å². The Labute approximate surface area is 158 Å². The molecule has 2 aromatic heterocycles. The molecule has 140 valence electrons. The van der Waals surface area contributed by atoms with Gasteiger partial charge in [0.15, 0.2) is 6.61 Å². The molecule has 1 N–H and O–H groups in total. The molecular formula is C20H27N3O2S. The lowest BCUT2D eigenvalue weighted by Crippen LogP contribution is -2.43. The quantitative estimate of drug-likeness (QED) is 0.883. The van der Waals surface area contributed by atoms with Crippen LogP contribution in [0.1, 0.15) is 56.4 Å². The van der Waals surface area contributed by atoms with Crippen LogP contribution in [-0.4, -0.2) is 28.5 Å². The predicted octanol–water partition coefficient (Wildman–Crippen LogP) is 3.89. The van der Waals surface area contributed by atoms with Crippen molar-refractivity contribution in [3.8, 4) is 5.88 Å². The van der Waals surface area contributed by atoms with Crippen molar-refractivity contribution in [1.82, 2.24) is 15.3 Å². The van der Waals surface area contributed by atoms with E-state index in [4.69, 9.17) is 4.74 Å². The summed E-state index contributed by atoms with van der Waals surface area (Å²) in [6.45, 7) is 4.54. The summed E-state index contributed by atoms with van der Waals surface area (Å²) in [5.41, 5.74) is 1.33. The number of carbonyl (C=O) groups excluding carboxylic acids is 1. The molecule has 0 aliphatic heterocycles. The molecule has 0 aromatic carbocycles. The highest BCUT2D eigenvalue weighted by Gasteiger charge is 2.25. The predicted molar refractivity (Wildman–Crippen MR) is 104 cm³/mol. The Bertz CT molecular complexity index is 804. The largest absolute Gasteiger partial charge is 0.467 e. The van der Waals surface area contributed by atoms with Crippen molar-refractivity contribution < 1.29 is 9.53 Å². The molecule has 1 amide bonds. The summed E-state index contributed by atoms with van der Waals surface area (Å²) in [5, 5.41) is 4.17. The van der Waals surface area contributed by atoms with E-state index in [1.165, 1.54) is 36.1 Å². The number of aromatic nitrogens is 2. The standard InChI is InChI=1S/C20H27N3O2S/c1-12-7-8-14-16(9-12)26-20-18(14)19(21-11-22-20)25-10-17(24)23-15-6-4-3-5-13(15)2/h11-13,15H,3-10H2,1-2H3,(H,23,24). The fraction of sp³-hybridized carbons (Fsp3) is 0.650. The van der Waals surface area contributed by atoms with E-state index in [0.717, 1.165) is 35.4 Å². The highest BCUT2D eigenvalue weighted by Crippen LogP contribution is 2.40. The molecule has 2 aliphatic carbocycles. The van der Waals surface area contributed by atoms with Crippen LogP contribution < -0.4 is 10.1 Å². The van der Waals surface area contributed by atoms with Gasteiger partial charge in [0, 0.05) is 10.9 Å². The van der Waals surface area contributed by atoms with Crippen LogP contribution in [0.15, 0.2) is 6.33 Å². The second kappa shape index (κ2) is 7.51. The zero-order chi connectivity index (χ0) is 18.1. The van der Waals surface area contributed by atoms with Gasteiger partial charge in [-0.1, -0.05) is 26.7 Å². The first-order chi connectivity index (χ1) is 12.6. The SMILES string of the molecule is CC1CCc2c(sc3ncnc(OCC(=O)NC4CCCCC4C)c23)C1. The number of thiophene rings is 1. The van der Waals surface area contributed by atoms with Crippen LogP contribution in [-0.2, 0) is 17.6 Å². The maximum Gasteiger partial charge on any atom is 0.258 e. The van der Waals surface area contributed by atoms with Gasteiger partial charge in [0.1, 0.15) is 11.2 Å². The van der Waals surface area contributed by atoms with Gasteiger partial charge in [0.05, 0.1) is 5.39 Å². The Hall–Kier alpha value is -1.69. The molecule has 2 aromatic rings. The summed E-state index contributed by atoms with van der Waals surface area (Å²) < 4.78 is 5.85. The van der Waals surface area contributed by atoms with E-state index in [9.17, 15) is 4.79 Å². The van der Waals surface area contributed by atoms with Gasteiger partial charge in [0.2, 0.25) is 5.88 Å². The number of fused-ring (bicyclic) bond motifs is 3. The molecule has 1 fully saturated rings. The van der Waals surface area contributed by atoms with E-state index in [1.807, 2.05) is 0 Å². The number of aryl methyl sites for hydroxylation is 1. The molecule has 5 nitrogen and oxygen atoms in total. The van der Waals surface area contributed by atoms with E-state index in [0.29, 0.717) is 11.8 Å². The lowest BCUT2D eigenvalue weighted by Gasteiger charge is -2.29. The number of hydrogen-bond acceptors (Lipinski definition) is 5. The van der Waals surface area contributed by atoms with Crippen molar-refractivity contribution in [3.63, 3.8) is 0 Å². The second-order valence-electron chi connectivity index (χ2n) is 7.94. The van der Waals surface area contributed by atoms with Crippen LogP contribution in [0.5, 0.6) is 5.88 Å². The van der Waals surface area contributed by atoms with Gasteiger partial charge in [-0.3, -0.25) is 4.79 Å². The number of nitrogens with one attached hydrogen (secondary N) is 1. The van der Waals surface area contributed by atoms with E-state index in [2.05, 4.69) is 29.1 Å². The number of hydrogen-bond donors (Lipinski definition) is 1. The van der Waals surface area contributed by atoms with Gasteiger partial charge < -0.3 is 10.1 Å². The third-order valence-electron chi connectivity index (χ3n) is 5.85. The maximum atomic E-state index is 12.4. The fourth-order valence-corrected chi connectivity index (χ4v) is 5.61. The summed E-state index contributed by atoms with van der Waals surface area (Å²) in [6, 6.07) is 0.278. The first-order valence-corrected chi connectivity index (χ1v) is 10.6. The molecule has 0 bridgehead atoms. The van der Waals surface area contributed by atoms with Crippen LogP contribution in [0.3, 0.4) is 0 Å². The monoisotopic (exact) mass is 373 g/mol. The van der Waals surface area contributed by atoms with Gasteiger partial charge in [-0.15, -0.1) is 11.3 Å². The molecule has 2 heterocycles. The molecule has 0 spiro atoms. The number of nitrogens with zero attached hydrogens (tertiary/aromatic N) is 2. The molecule has 0 saturated heterocycles. The summed E-state index contributed by atoms with van der Waals surface area (Å²) in [6.07, 6.45) is 9.62. The Kier molecular flexibility index (Phi) is 5.11. The second-order valence-corrected chi connectivity index (χ2v) is 9.02. The van der Waals surface area contributed by atoms with Crippen molar-refractivity contribution >= 4 is 27.5 Å². The zero-order valence-corrected chi connectivity index (χ0v) is 16.4.